The number of halogens is 1. The van der Waals surface area contributed by atoms with E-state index < -0.39 is 24.4 Å². The van der Waals surface area contributed by atoms with Gasteiger partial charge in [0.1, 0.15) is 6.10 Å². The van der Waals surface area contributed by atoms with E-state index in [-0.39, 0.29) is 17.4 Å². The van der Waals surface area contributed by atoms with Gasteiger partial charge in [0.2, 0.25) is 0 Å². The summed E-state index contributed by atoms with van der Waals surface area (Å²) in [5.41, 5.74) is 1.11. The summed E-state index contributed by atoms with van der Waals surface area (Å²) in [4.78, 5) is 12.4. The molecule has 1 aromatic carbocycles. The molecule has 1 aliphatic heterocycles. The zero-order valence-corrected chi connectivity index (χ0v) is 18.1. The summed E-state index contributed by atoms with van der Waals surface area (Å²) in [7, 11) is 0. The van der Waals surface area contributed by atoms with E-state index in [1.807, 2.05) is 41.0 Å². The highest BCUT2D eigenvalue weighted by atomic mass is 32.1. The first-order chi connectivity index (χ1) is 14.8. The lowest BCUT2D eigenvalue weighted by atomic mass is 10.1. The Morgan fingerprint density at radius 3 is 2.68 bits per heavy atom. The number of para-hydroxylation sites is 1. The van der Waals surface area contributed by atoms with Crippen molar-refractivity contribution in [2.75, 3.05) is 29.9 Å². The Kier molecular flexibility index (Phi) is 6.35. The Bertz CT molecular complexity index is 1020. The van der Waals surface area contributed by atoms with Gasteiger partial charge in [-0.1, -0.05) is 23.5 Å². The predicted molar refractivity (Wildman–Crippen MR) is 118 cm³/mol. The first-order valence-electron chi connectivity index (χ1n) is 10.2. The second-order valence-corrected chi connectivity index (χ2v) is 8.83. The van der Waals surface area contributed by atoms with Crippen molar-refractivity contribution in [3.05, 3.63) is 47.9 Å². The van der Waals surface area contributed by atoms with Crippen molar-refractivity contribution in [3.63, 3.8) is 0 Å². The number of rotatable bonds is 6. The number of pyridine rings is 1. The molecule has 1 saturated heterocycles. The number of aliphatic hydroxyl groups excluding tert-OH is 3. The van der Waals surface area contributed by atoms with Gasteiger partial charge in [-0.3, -0.25) is 4.90 Å². The molecule has 0 amide bonds. The van der Waals surface area contributed by atoms with Gasteiger partial charge in [0, 0.05) is 37.4 Å². The summed E-state index contributed by atoms with van der Waals surface area (Å²) >= 11 is 1.48. The van der Waals surface area contributed by atoms with E-state index in [1.165, 1.54) is 30.5 Å². The van der Waals surface area contributed by atoms with Gasteiger partial charge in [-0.25, -0.2) is 14.4 Å². The van der Waals surface area contributed by atoms with Gasteiger partial charge >= 0.3 is 0 Å². The SMILES string of the molecule is C[C@H](O)[C@@H](O)c1cnc(N2CCN(C(O)Nc3nc4ccccc4s3)C[C@@H]2C)c(F)c1. The molecule has 1 aliphatic rings. The number of benzene rings is 1. The molecule has 0 spiro atoms. The summed E-state index contributed by atoms with van der Waals surface area (Å²) < 4.78 is 15.7. The van der Waals surface area contributed by atoms with Crippen LogP contribution in [-0.2, 0) is 0 Å². The Morgan fingerprint density at radius 2 is 2.00 bits per heavy atom. The molecule has 3 aromatic rings. The summed E-state index contributed by atoms with van der Waals surface area (Å²) in [5, 5.41) is 33.8. The van der Waals surface area contributed by atoms with Gasteiger partial charge in [-0.2, -0.15) is 0 Å². The van der Waals surface area contributed by atoms with E-state index in [0.29, 0.717) is 24.8 Å². The minimum absolute atomic E-state index is 0.102. The lowest BCUT2D eigenvalue weighted by Crippen LogP contribution is -2.57. The zero-order chi connectivity index (χ0) is 22.1. The van der Waals surface area contributed by atoms with E-state index in [9.17, 15) is 19.7 Å². The maximum atomic E-state index is 14.7. The lowest BCUT2D eigenvalue weighted by Gasteiger charge is -2.42. The molecule has 0 saturated carbocycles. The third kappa shape index (κ3) is 4.63. The largest absolute Gasteiger partial charge is 0.390 e. The molecular weight excluding hydrogens is 421 g/mol. The average Bonchev–Trinajstić information content (AvgIpc) is 3.15. The van der Waals surface area contributed by atoms with Gasteiger partial charge in [0.05, 0.1) is 16.3 Å². The first kappa shape index (κ1) is 21.8. The summed E-state index contributed by atoms with van der Waals surface area (Å²) in [5.74, 6) is -0.354. The van der Waals surface area contributed by atoms with Gasteiger partial charge in [0.15, 0.2) is 23.1 Å². The first-order valence-corrected chi connectivity index (χ1v) is 11.0. The van der Waals surface area contributed by atoms with Gasteiger partial charge in [-0.15, -0.1) is 0 Å². The molecule has 8 nitrogen and oxygen atoms in total. The maximum Gasteiger partial charge on any atom is 0.186 e. The van der Waals surface area contributed by atoms with Gasteiger partial charge in [-0.05, 0) is 32.0 Å². The van der Waals surface area contributed by atoms with Crippen LogP contribution in [0.1, 0.15) is 25.5 Å². The van der Waals surface area contributed by atoms with Crippen molar-refractivity contribution in [2.45, 2.75) is 38.4 Å². The van der Waals surface area contributed by atoms with Crippen LogP contribution in [0.5, 0.6) is 0 Å². The minimum atomic E-state index is -1.19. The van der Waals surface area contributed by atoms with Crippen LogP contribution in [0.2, 0.25) is 0 Å². The topological polar surface area (TPSA) is 105 Å². The van der Waals surface area contributed by atoms with Crippen molar-refractivity contribution in [1.29, 1.82) is 0 Å². The van der Waals surface area contributed by atoms with Gasteiger partial charge < -0.3 is 25.5 Å². The van der Waals surface area contributed by atoms with Crippen LogP contribution in [0.4, 0.5) is 15.3 Å². The predicted octanol–water partition coefficient (Wildman–Crippen LogP) is 2.14. The Hall–Kier alpha value is -2.37. The fraction of sp³-hybridized carbons (Fsp3) is 0.429. The number of nitrogens with zero attached hydrogens (tertiary/aromatic N) is 4. The van der Waals surface area contributed by atoms with E-state index in [1.54, 1.807) is 0 Å². The van der Waals surface area contributed by atoms with Crippen LogP contribution >= 0.6 is 11.3 Å². The number of aromatic nitrogens is 2. The van der Waals surface area contributed by atoms with Crippen molar-refractivity contribution >= 4 is 32.5 Å². The molecule has 4 N–H and O–H groups in total. The molecule has 0 aliphatic carbocycles. The van der Waals surface area contributed by atoms with E-state index >= 15 is 0 Å². The van der Waals surface area contributed by atoms with Crippen molar-refractivity contribution < 1.29 is 19.7 Å². The number of fused-ring (bicyclic) bond motifs is 1. The molecule has 3 heterocycles. The normalized spacial score (nSPS) is 20.6. The molecule has 31 heavy (non-hydrogen) atoms. The molecule has 0 bridgehead atoms. The average molecular weight is 448 g/mol. The maximum absolute atomic E-state index is 14.7. The smallest absolute Gasteiger partial charge is 0.186 e. The molecule has 1 unspecified atom stereocenters. The number of hydrogen-bond acceptors (Lipinski definition) is 9. The van der Waals surface area contributed by atoms with Crippen LogP contribution in [0, 0.1) is 5.82 Å². The number of nitrogens with one attached hydrogen (secondary N) is 1. The van der Waals surface area contributed by atoms with Crippen LogP contribution in [0.3, 0.4) is 0 Å². The Balaban J connectivity index is 1.41. The van der Waals surface area contributed by atoms with E-state index in [0.717, 1.165) is 10.2 Å². The summed E-state index contributed by atoms with van der Waals surface area (Å²) in [6, 6.07) is 8.90. The number of piperazine rings is 1. The van der Waals surface area contributed by atoms with Crippen molar-refractivity contribution in [1.82, 2.24) is 14.9 Å². The fourth-order valence-electron chi connectivity index (χ4n) is 3.76. The number of aliphatic hydroxyl groups is 3. The molecule has 4 atom stereocenters. The van der Waals surface area contributed by atoms with Gasteiger partial charge in [0.25, 0.3) is 0 Å². The van der Waals surface area contributed by atoms with Crippen LogP contribution in [-0.4, -0.2) is 68.3 Å². The summed E-state index contributed by atoms with van der Waals surface area (Å²) in [6.45, 7) is 4.85. The highest BCUT2D eigenvalue weighted by Crippen LogP contribution is 2.28. The second kappa shape index (κ2) is 9.01. The fourth-order valence-corrected chi connectivity index (χ4v) is 4.64. The van der Waals surface area contributed by atoms with E-state index in [2.05, 4.69) is 15.3 Å². The van der Waals surface area contributed by atoms with Crippen LogP contribution in [0.25, 0.3) is 10.2 Å². The number of thiazole rings is 1. The molecular formula is C21H26FN5O3S. The van der Waals surface area contributed by atoms with Crippen molar-refractivity contribution in [3.8, 4) is 0 Å². The third-order valence-corrected chi connectivity index (χ3v) is 6.43. The number of hydrogen-bond donors (Lipinski definition) is 4. The molecule has 166 valence electrons. The Morgan fingerprint density at radius 1 is 1.23 bits per heavy atom. The molecule has 10 heteroatoms. The third-order valence-electron chi connectivity index (χ3n) is 5.46. The van der Waals surface area contributed by atoms with Crippen molar-refractivity contribution in [2.24, 2.45) is 0 Å². The molecule has 4 rings (SSSR count). The molecule has 0 radical (unpaired) electrons. The lowest BCUT2D eigenvalue weighted by molar-refractivity contribution is 0.0145. The molecule has 2 aromatic heterocycles. The highest BCUT2D eigenvalue weighted by Gasteiger charge is 2.30. The minimum Gasteiger partial charge on any atom is -0.390 e. The Labute approximate surface area is 183 Å². The monoisotopic (exact) mass is 447 g/mol. The van der Waals surface area contributed by atoms with Crippen LogP contribution in [0.15, 0.2) is 36.5 Å². The quantitative estimate of drug-likeness (QED) is 0.426. The zero-order valence-electron chi connectivity index (χ0n) is 17.3. The second-order valence-electron chi connectivity index (χ2n) is 7.80. The van der Waals surface area contributed by atoms with E-state index in [4.69, 9.17) is 0 Å². The highest BCUT2D eigenvalue weighted by molar-refractivity contribution is 7.22. The standard InChI is InChI=1S/C21H26FN5O3S/c1-12-11-26(21(30)25-20-24-16-5-3-4-6-17(16)31-20)7-8-27(12)19-15(22)9-14(10-23-19)18(29)13(2)28/h3-6,9-10,12-13,18,21,28-30H,7-8,11H2,1-2H3,(H,24,25)/t12-,13-,18+,21?/m0/s1. The molecule has 1 fully saturated rings. The van der Waals surface area contributed by atoms with Crippen LogP contribution < -0.4 is 10.2 Å². The number of anilines is 2. The summed E-state index contributed by atoms with van der Waals surface area (Å²) in [6.07, 6.45) is -1.72.